The van der Waals surface area contributed by atoms with Crippen molar-refractivity contribution in [3.8, 4) is 17.0 Å². The highest BCUT2D eigenvalue weighted by Gasteiger charge is 2.34. The fourth-order valence-corrected chi connectivity index (χ4v) is 3.62. The molecule has 1 atom stereocenters. The molecule has 2 aromatic carbocycles. The molecule has 4 aromatic rings. The van der Waals surface area contributed by atoms with E-state index in [2.05, 4.69) is 31.0 Å². The molecule has 0 aliphatic carbocycles. The second kappa shape index (κ2) is 7.07. The molecule has 3 heterocycles. The second-order valence-electron chi connectivity index (χ2n) is 6.68. The van der Waals surface area contributed by atoms with E-state index < -0.39 is 17.4 Å². The summed E-state index contributed by atoms with van der Waals surface area (Å²) in [5, 5.41) is 21.5. The van der Waals surface area contributed by atoms with Gasteiger partial charge in [0.15, 0.2) is 0 Å². The van der Waals surface area contributed by atoms with E-state index in [-0.39, 0.29) is 11.6 Å². The zero-order chi connectivity index (χ0) is 20.7. The Hall–Kier alpha value is -4.08. The molecule has 1 aliphatic rings. The maximum atomic E-state index is 14.0. The van der Waals surface area contributed by atoms with Crippen LogP contribution in [-0.4, -0.2) is 37.0 Å². The van der Waals surface area contributed by atoms with Gasteiger partial charge in [0.1, 0.15) is 23.3 Å². The number of fused-ring (bicyclic) bond motifs is 2. The summed E-state index contributed by atoms with van der Waals surface area (Å²) in [5.41, 5.74) is 2.27. The summed E-state index contributed by atoms with van der Waals surface area (Å²) in [6.45, 7) is 2.46. The predicted octanol–water partition coefficient (Wildman–Crippen LogP) is 2.66. The molecule has 0 saturated heterocycles. The Bertz CT molecular complexity index is 1280. The molecule has 0 saturated carbocycles. The molecule has 5 rings (SSSR count). The van der Waals surface area contributed by atoms with Crippen LogP contribution in [0.3, 0.4) is 0 Å². The minimum Gasteiger partial charge on any atom is -0.494 e. The lowest BCUT2D eigenvalue weighted by atomic mass is 9.92. The summed E-state index contributed by atoms with van der Waals surface area (Å²) in [4.78, 5) is 12.6. The van der Waals surface area contributed by atoms with Gasteiger partial charge in [-0.2, -0.15) is 9.78 Å². The third-order valence-corrected chi connectivity index (χ3v) is 4.87. The maximum Gasteiger partial charge on any atom is 0.288 e. The monoisotopic (exact) mass is 405 g/mol. The summed E-state index contributed by atoms with van der Waals surface area (Å²) >= 11 is 0. The first-order chi connectivity index (χ1) is 14.7. The zero-order valence-corrected chi connectivity index (χ0v) is 15.8. The van der Waals surface area contributed by atoms with Crippen molar-refractivity contribution in [3.63, 3.8) is 0 Å². The van der Waals surface area contributed by atoms with Crippen molar-refractivity contribution in [2.75, 3.05) is 11.9 Å². The van der Waals surface area contributed by atoms with Crippen LogP contribution in [0.15, 0.2) is 53.3 Å². The minimum atomic E-state index is -0.640. The molecular weight excluding hydrogens is 389 g/mol. The van der Waals surface area contributed by atoms with Gasteiger partial charge in [0, 0.05) is 11.1 Å². The first-order valence-corrected chi connectivity index (χ1v) is 9.32. The number of aromatic amines is 1. The van der Waals surface area contributed by atoms with Gasteiger partial charge in [0.25, 0.3) is 5.56 Å². The number of rotatable bonds is 4. The zero-order valence-electron chi connectivity index (χ0n) is 15.8. The molecule has 9 nitrogen and oxygen atoms in total. The van der Waals surface area contributed by atoms with Crippen LogP contribution in [0.25, 0.3) is 11.3 Å². The summed E-state index contributed by atoms with van der Waals surface area (Å²) in [7, 11) is 0. The molecule has 0 radical (unpaired) electrons. The first kappa shape index (κ1) is 18.0. The molecule has 1 aliphatic heterocycles. The largest absolute Gasteiger partial charge is 0.494 e. The van der Waals surface area contributed by atoms with Crippen molar-refractivity contribution in [1.82, 2.24) is 30.4 Å². The van der Waals surface area contributed by atoms with E-state index in [0.29, 0.717) is 23.4 Å². The van der Waals surface area contributed by atoms with Crippen molar-refractivity contribution < 1.29 is 9.13 Å². The van der Waals surface area contributed by atoms with Crippen molar-refractivity contribution in [2.45, 2.75) is 13.0 Å². The highest BCUT2D eigenvalue weighted by Crippen LogP contribution is 2.41. The third-order valence-electron chi connectivity index (χ3n) is 4.87. The van der Waals surface area contributed by atoms with E-state index >= 15 is 0 Å². The summed E-state index contributed by atoms with van der Waals surface area (Å²) in [5.74, 6) is 0.607. The number of anilines is 2. The summed E-state index contributed by atoms with van der Waals surface area (Å²) in [6.07, 6.45) is 0. The molecule has 2 aromatic heterocycles. The average molecular weight is 405 g/mol. The lowest BCUT2D eigenvalue weighted by Crippen LogP contribution is -2.29. The molecule has 0 spiro atoms. The van der Waals surface area contributed by atoms with Crippen LogP contribution in [0.2, 0.25) is 0 Å². The highest BCUT2D eigenvalue weighted by atomic mass is 19.1. The van der Waals surface area contributed by atoms with E-state index in [9.17, 15) is 9.18 Å². The van der Waals surface area contributed by atoms with E-state index in [1.54, 1.807) is 12.1 Å². The number of H-pyrrole nitrogens is 1. The number of benzene rings is 2. The Kier molecular flexibility index (Phi) is 4.24. The molecule has 0 amide bonds. The van der Waals surface area contributed by atoms with Crippen LogP contribution in [0.5, 0.6) is 5.75 Å². The van der Waals surface area contributed by atoms with Crippen LogP contribution >= 0.6 is 0 Å². The van der Waals surface area contributed by atoms with Crippen LogP contribution < -0.4 is 15.6 Å². The molecule has 150 valence electrons. The van der Waals surface area contributed by atoms with E-state index in [4.69, 9.17) is 4.74 Å². The Morgan fingerprint density at radius 2 is 2.03 bits per heavy atom. The molecule has 0 unspecified atom stereocenters. The van der Waals surface area contributed by atoms with Crippen molar-refractivity contribution in [1.29, 1.82) is 0 Å². The van der Waals surface area contributed by atoms with Gasteiger partial charge in [-0.05, 0) is 59.3 Å². The lowest BCUT2D eigenvalue weighted by molar-refractivity contribution is 0.340. The molecule has 2 N–H and O–H groups in total. The fourth-order valence-electron chi connectivity index (χ4n) is 3.62. The predicted molar refractivity (Wildman–Crippen MR) is 106 cm³/mol. The van der Waals surface area contributed by atoms with Crippen LogP contribution in [0, 0.1) is 5.82 Å². The standard InChI is InChI=1S/C20H16FN7O2/c1-2-30-14-8-6-11(7-9-14)16-15-17(19(29)24-23-16)22-20-25-26-27-28(20)18(15)12-4-3-5-13(21)10-12/h3-10,18H,2H2,1H3,(H,24,29)(H,22,25,27)/t18-/m0/s1. The Morgan fingerprint density at radius 3 is 2.80 bits per heavy atom. The molecule has 30 heavy (non-hydrogen) atoms. The lowest BCUT2D eigenvalue weighted by Gasteiger charge is -2.27. The highest BCUT2D eigenvalue weighted by molar-refractivity contribution is 5.75. The van der Waals surface area contributed by atoms with E-state index in [1.807, 2.05) is 31.2 Å². The molecule has 10 heteroatoms. The van der Waals surface area contributed by atoms with Gasteiger partial charge in [0.2, 0.25) is 5.95 Å². The maximum absolute atomic E-state index is 14.0. The van der Waals surface area contributed by atoms with Gasteiger partial charge in [-0.3, -0.25) is 4.79 Å². The molecule has 0 bridgehead atoms. The summed E-state index contributed by atoms with van der Waals surface area (Å²) in [6, 6.07) is 12.8. The van der Waals surface area contributed by atoms with Crippen molar-refractivity contribution in [2.24, 2.45) is 0 Å². The molecule has 0 fully saturated rings. The number of hydrogen-bond acceptors (Lipinski definition) is 7. The Morgan fingerprint density at radius 1 is 1.20 bits per heavy atom. The number of halogens is 1. The van der Waals surface area contributed by atoms with Gasteiger partial charge < -0.3 is 10.1 Å². The fraction of sp³-hybridized carbons (Fsp3) is 0.150. The quantitative estimate of drug-likeness (QED) is 0.473. The smallest absolute Gasteiger partial charge is 0.288 e. The number of aromatic nitrogens is 6. The van der Waals surface area contributed by atoms with Crippen LogP contribution in [0.4, 0.5) is 16.0 Å². The Labute approximate surface area is 169 Å². The normalized spacial score (nSPS) is 14.5. The average Bonchev–Trinajstić information content (AvgIpc) is 3.22. The first-order valence-electron chi connectivity index (χ1n) is 9.32. The van der Waals surface area contributed by atoms with E-state index in [1.165, 1.54) is 16.8 Å². The molecular formula is C20H16FN7O2. The number of tetrazole rings is 1. The summed E-state index contributed by atoms with van der Waals surface area (Å²) < 4.78 is 21.1. The minimum absolute atomic E-state index is 0.269. The Balaban J connectivity index is 1.75. The second-order valence-corrected chi connectivity index (χ2v) is 6.68. The van der Waals surface area contributed by atoms with Crippen LogP contribution in [0.1, 0.15) is 24.1 Å². The van der Waals surface area contributed by atoms with Gasteiger partial charge in [-0.1, -0.05) is 17.2 Å². The topological polar surface area (TPSA) is 111 Å². The van der Waals surface area contributed by atoms with Gasteiger partial charge in [-0.15, -0.1) is 0 Å². The number of nitrogens with zero attached hydrogens (tertiary/aromatic N) is 5. The number of ether oxygens (including phenoxy) is 1. The third kappa shape index (κ3) is 2.89. The van der Waals surface area contributed by atoms with Crippen molar-refractivity contribution >= 4 is 11.6 Å². The van der Waals surface area contributed by atoms with Crippen molar-refractivity contribution in [3.05, 3.63) is 75.8 Å². The van der Waals surface area contributed by atoms with Gasteiger partial charge in [-0.25, -0.2) is 9.49 Å². The van der Waals surface area contributed by atoms with Crippen LogP contribution in [-0.2, 0) is 0 Å². The number of hydrogen-bond donors (Lipinski definition) is 2. The SMILES string of the molecule is CCOc1ccc(-c2n[nH]c(=O)c3c2[C@H](c2cccc(F)c2)n2nnnc2N3)cc1. The van der Waals surface area contributed by atoms with Gasteiger partial charge in [0.05, 0.1) is 12.3 Å². The number of nitrogens with one attached hydrogen (secondary N) is 2. The van der Waals surface area contributed by atoms with Gasteiger partial charge >= 0.3 is 0 Å². The van der Waals surface area contributed by atoms with E-state index in [0.717, 1.165) is 11.3 Å².